The highest BCUT2D eigenvalue weighted by atomic mass is 16.3. The van der Waals surface area contributed by atoms with Crippen LogP contribution in [0.4, 0.5) is 17.1 Å². The molecule has 1 aliphatic rings. The van der Waals surface area contributed by atoms with Gasteiger partial charge in [0.2, 0.25) is 0 Å². The average molecular weight is 832 g/mol. The lowest BCUT2D eigenvalue weighted by atomic mass is 9.82. The zero-order chi connectivity index (χ0) is 43.5. The molecule has 0 amide bonds. The third-order valence-electron chi connectivity index (χ3n) is 13.5. The highest BCUT2D eigenvalue weighted by Gasteiger charge is 2.36. The molecular formula is C63H45NO. The Morgan fingerprint density at radius 1 is 0.323 bits per heavy atom. The Balaban J connectivity index is 1.11. The molecule has 65 heavy (non-hydrogen) atoms. The Morgan fingerprint density at radius 2 is 0.831 bits per heavy atom. The van der Waals surface area contributed by atoms with Crippen molar-refractivity contribution in [2.24, 2.45) is 0 Å². The van der Waals surface area contributed by atoms with Crippen LogP contribution in [0.15, 0.2) is 241 Å². The van der Waals surface area contributed by atoms with Crippen molar-refractivity contribution in [3.05, 3.63) is 248 Å². The monoisotopic (exact) mass is 831 g/mol. The first kappa shape index (κ1) is 38.5. The van der Waals surface area contributed by atoms with E-state index in [1.54, 1.807) is 0 Å². The van der Waals surface area contributed by atoms with E-state index in [2.05, 4.69) is 249 Å². The van der Waals surface area contributed by atoms with Gasteiger partial charge in [-0.25, -0.2) is 0 Å². The van der Waals surface area contributed by atoms with Crippen molar-refractivity contribution in [3.8, 4) is 66.8 Å². The summed E-state index contributed by atoms with van der Waals surface area (Å²) in [5.74, 6) is 0. The largest absolute Gasteiger partial charge is 0.456 e. The molecule has 12 rings (SSSR count). The molecule has 0 aliphatic heterocycles. The summed E-state index contributed by atoms with van der Waals surface area (Å²) in [5.41, 5.74) is 22.0. The zero-order valence-corrected chi connectivity index (χ0v) is 36.4. The van der Waals surface area contributed by atoms with Crippen LogP contribution in [0.1, 0.15) is 25.0 Å². The van der Waals surface area contributed by atoms with Crippen molar-refractivity contribution in [1.82, 2.24) is 0 Å². The lowest BCUT2D eigenvalue weighted by Crippen LogP contribution is -2.14. The molecule has 0 radical (unpaired) electrons. The van der Waals surface area contributed by atoms with Gasteiger partial charge in [-0.1, -0.05) is 214 Å². The van der Waals surface area contributed by atoms with Crippen LogP contribution in [0.25, 0.3) is 88.7 Å². The van der Waals surface area contributed by atoms with E-state index in [0.717, 1.165) is 72.4 Å². The Morgan fingerprint density at radius 3 is 1.63 bits per heavy atom. The smallest absolute Gasteiger partial charge is 0.136 e. The number of furan rings is 1. The van der Waals surface area contributed by atoms with E-state index in [4.69, 9.17) is 4.42 Å². The molecule has 10 aromatic carbocycles. The third-order valence-corrected chi connectivity index (χ3v) is 13.5. The predicted molar refractivity (Wildman–Crippen MR) is 273 cm³/mol. The van der Waals surface area contributed by atoms with Crippen LogP contribution in [0.2, 0.25) is 0 Å². The van der Waals surface area contributed by atoms with Crippen LogP contribution in [0.5, 0.6) is 0 Å². The van der Waals surface area contributed by atoms with Gasteiger partial charge in [-0.05, 0) is 103 Å². The lowest BCUT2D eigenvalue weighted by Gasteiger charge is -2.31. The van der Waals surface area contributed by atoms with Gasteiger partial charge in [0.1, 0.15) is 11.2 Å². The number of benzene rings is 10. The highest BCUT2D eigenvalue weighted by Crippen LogP contribution is 2.53. The maximum Gasteiger partial charge on any atom is 0.136 e. The van der Waals surface area contributed by atoms with Gasteiger partial charge in [0, 0.05) is 33.0 Å². The first-order valence-corrected chi connectivity index (χ1v) is 22.5. The van der Waals surface area contributed by atoms with Crippen LogP contribution >= 0.6 is 0 Å². The average Bonchev–Trinajstić information content (AvgIpc) is 3.87. The van der Waals surface area contributed by atoms with Gasteiger partial charge < -0.3 is 9.32 Å². The molecule has 0 fully saturated rings. The zero-order valence-electron chi connectivity index (χ0n) is 36.4. The second-order valence-corrected chi connectivity index (χ2v) is 17.6. The Labute approximate surface area is 380 Å². The molecule has 0 unspecified atom stereocenters. The van der Waals surface area contributed by atoms with E-state index in [1.165, 1.54) is 44.5 Å². The summed E-state index contributed by atoms with van der Waals surface area (Å²) in [5, 5.41) is 2.22. The summed E-state index contributed by atoms with van der Waals surface area (Å²) in [7, 11) is 0. The highest BCUT2D eigenvalue weighted by molar-refractivity contribution is 6.15. The summed E-state index contributed by atoms with van der Waals surface area (Å²) in [6.07, 6.45) is 0. The van der Waals surface area contributed by atoms with Crippen molar-refractivity contribution in [2.45, 2.75) is 19.3 Å². The first-order valence-electron chi connectivity index (χ1n) is 22.5. The van der Waals surface area contributed by atoms with E-state index in [9.17, 15) is 0 Å². The van der Waals surface area contributed by atoms with E-state index in [0.29, 0.717) is 0 Å². The molecule has 11 aromatic rings. The number of hydrogen-bond acceptors (Lipinski definition) is 2. The molecule has 2 nitrogen and oxygen atoms in total. The molecular weight excluding hydrogens is 787 g/mol. The number of nitrogens with zero attached hydrogens (tertiary/aromatic N) is 1. The van der Waals surface area contributed by atoms with Gasteiger partial charge in [0.05, 0.1) is 11.4 Å². The standard InChI is InChI=1S/C63H45NO/c1-63(2)54-28-12-9-23-52(54)61-49(25-15-29-55(61)63)45-38-40-47(41-39-45)64(56-30-13-10-22-48(56)44-20-7-4-8-21-44)57-31-16-26-50(51-27-17-33-59-62(51)53-24-11-14-32-58(53)65-59)60(57)46-36-34-43(35-37-46)42-18-5-3-6-19-42/h3-41H,1-2H3. The van der Waals surface area contributed by atoms with Gasteiger partial charge in [-0.3, -0.25) is 0 Å². The van der Waals surface area contributed by atoms with Crippen LogP contribution in [-0.4, -0.2) is 0 Å². The second kappa shape index (κ2) is 15.6. The summed E-state index contributed by atoms with van der Waals surface area (Å²) in [6, 6.07) is 85.9. The summed E-state index contributed by atoms with van der Waals surface area (Å²) in [6.45, 7) is 4.70. The minimum atomic E-state index is -0.0758. The second-order valence-electron chi connectivity index (χ2n) is 17.6. The fourth-order valence-electron chi connectivity index (χ4n) is 10.4. The maximum absolute atomic E-state index is 6.50. The van der Waals surface area contributed by atoms with Crippen molar-refractivity contribution in [3.63, 3.8) is 0 Å². The lowest BCUT2D eigenvalue weighted by molar-refractivity contribution is 0.660. The molecule has 1 aliphatic carbocycles. The van der Waals surface area contributed by atoms with Gasteiger partial charge in [-0.2, -0.15) is 0 Å². The van der Waals surface area contributed by atoms with E-state index < -0.39 is 0 Å². The van der Waals surface area contributed by atoms with Crippen LogP contribution in [0, 0.1) is 0 Å². The fraction of sp³-hybridized carbons (Fsp3) is 0.0476. The topological polar surface area (TPSA) is 16.4 Å². The Hall–Kier alpha value is -8.20. The van der Waals surface area contributed by atoms with Gasteiger partial charge in [0.25, 0.3) is 0 Å². The summed E-state index contributed by atoms with van der Waals surface area (Å²) in [4.78, 5) is 2.47. The van der Waals surface area contributed by atoms with E-state index in [1.807, 2.05) is 6.07 Å². The Kier molecular flexibility index (Phi) is 9.21. The van der Waals surface area contributed by atoms with Crippen molar-refractivity contribution in [2.75, 3.05) is 4.90 Å². The minimum Gasteiger partial charge on any atom is -0.456 e. The molecule has 0 N–H and O–H groups in total. The van der Waals surface area contributed by atoms with Crippen molar-refractivity contribution < 1.29 is 4.42 Å². The van der Waals surface area contributed by atoms with Crippen LogP contribution in [0.3, 0.4) is 0 Å². The number of anilines is 3. The summed E-state index contributed by atoms with van der Waals surface area (Å²) < 4.78 is 6.50. The molecule has 0 spiro atoms. The number of fused-ring (bicyclic) bond motifs is 6. The molecule has 308 valence electrons. The number of rotatable bonds is 8. The summed E-state index contributed by atoms with van der Waals surface area (Å²) >= 11 is 0. The fourth-order valence-corrected chi connectivity index (χ4v) is 10.4. The van der Waals surface area contributed by atoms with Crippen LogP contribution < -0.4 is 4.90 Å². The molecule has 0 bridgehead atoms. The molecule has 0 atom stereocenters. The molecule has 1 aromatic heterocycles. The SMILES string of the molecule is CC1(C)c2ccccc2-c2c(-c3ccc(N(c4ccccc4-c4ccccc4)c4cccc(-c5cccc6oc7ccccc7c56)c4-c4ccc(-c5ccccc5)cc4)cc3)cccc21. The Bertz CT molecular complexity index is 3540. The predicted octanol–water partition coefficient (Wildman–Crippen LogP) is 17.7. The molecule has 0 saturated heterocycles. The van der Waals surface area contributed by atoms with Crippen molar-refractivity contribution >= 4 is 39.0 Å². The van der Waals surface area contributed by atoms with Crippen molar-refractivity contribution in [1.29, 1.82) is 0 Å². The number of hydrogen-bond donors (Lipinski definition) is 0. The first-order chi connectivity index (χ1) is 32.0. The van der Waals surface area contributed by atoms with Gasteiger partial charge >= 0.3 is 0 Å². The molecule has 1 heterocycles. The quantitative estimate of drug-likeness (QED) is 0.152. The maximum atomic E-state index is 6.50. The molecule has 0 saturated carbocycles. The van der Waals surface area contributed by atoms with Gasteiger partial charge in [0.15, 0.2) is 0 Å². The van der Waals surface area contributed by atoms with E-state index >= 15 is 0 Å². The minimum absolute atomic E-state index is 0.0758. The normalized spacial score (nSPS) is 12.6. The van der Waals surface area contributed by atoms with Crippen LogP contribution in [-0.2, 0) is 5.41 Å². The molecule has 2 heteroatoms. The number of para-hydroxylation sites is 2. The van der Waals surface area contributed by atoms with Gasteiger partial charge in [-0.15, -0.1) is 0 Å². The third kappa shape index (κ3) is 6.40. The van der Waals surface area contributed by atoms with E-state index in [-0.39, 0.29) is 5.41 Å².